The highest BCUT2D eigenvalue weighted by molar-refractivity contribution is 7.13. The number of nitrogens with two attached hydrogens (primary N) is 1. The van der Waals surface area contributed by atoms with Gasteiger partial charge in [-0.1, -0.05) is 90.1 Å². The molecule has 0 bridgehead atoms. The van der Waals surface area contributed by atoms with Crippen LogP contribution >= 0.6 is 22.7 Å². The summed E-state index contributed by atoms with van der Waals surface area (Å²) >= 11 is 3.20. The van der Waals surface area contributed by atoms with Gasteiger partial charge in [-0.05, 0) is 59.8 Å². The number of aryl methyl sites for hydroxylation is 4. The summed E-state index contributed by atoms with van der Waals surface area (Å²) in [5, 5.41) is 45.4. The van der Waals surface area contributed by atoms with Gasteiger partial charge in [-0.2, -0.15) is 0 Å². The average Bonchev–Trinajstić information content (AvgIpc) is 4.24. The highest BCUT2D eigenvalue weighted by Gasteiger charge is 2.45. The highest BCUT2D eigenvalue weighted by atomic mass is 32.1. The van der Waals surface area contributed by atoms with Gasteiger partial charge in [0.1, 0.15) is 5.78 Å². The normalized spacial score (nSPS) is 17.8. The minimum absolute atomic E-state index is 0.0102. The van der Waals surface area contributed by atoms with Crippen molar-refractivity contribution in [3.63, 3.8) is 0 Å². The second kappa shape index (κ2) is 31.9. The minimum Gasteiger partial charge on any atom is -0.481 e. The smallest absolute Gasteiger partial charge is 0.305 e. The standard InChI is InChI=1S/C30H40N2O7S.C23H31N3O3S.C6H10O5/c1-19-28(40-18-31-19)21-8-5-20(6-9-21)7-10-26(35)25-16-23(34)17-32(25)29(38)24(30(2,3)4)15-22(33)11-13-39-14-12-27(36)37;1-14-20(30-13-25-14)16-8-5-15(6-9-16)7-10-19(28)18-11-17(27)12-26(18)22(29)21(24)23(2,3)4;7-5(8)1-3-11-4-2-6(9)10/h5-6,8-9,18,23-25,34H,7,10-17H2,1-4H3,(H,36,37);5-6,8-9,13,17-18,21,27H,7,10-12,24H2,1-4H3;1-4H2,(H,7,8)(H,9,10)/t23-,24-,25?;17-,18?,21-;/m11./s1. The van der Waals surface area contributed by atoms with Gasteiger partial charge in [0.05, 0.1) is 108 Å². The molecule has 0 aliphatic carbocycles. The van der Waals surface area contributed by atoms with Crippen LogP contribution in [0.25, 0.3) is 20.9 Å². The molecule has 2 aliphatic rings. The Balaban J connectivity index is 0.000000302. The van der Waals surface area contributed by atoms with E-state index in [1.165, 1.54) is 9.80 Å². The summed E-state index contributed by atoms with van der Waals surface area (Å²) in [6.45, 7) is 15.8. The van der Waals surface area contributed by atoms with Crippen LogP contribution in [-0.2, 0) is 60.7 Å². The molecule has 2 aliphatic heterocycles. The van der Waals surface area contributed by atoms with E-state index < -0.39 is 65.0 Å². The van der Waals surface area contributed by atoms with Gasteiger partial charge in [-0.15, -0.1) is 22.7 Å². The summed E-state index contributed by atoms with van der Waals surface area (Å²) in [6.07, 6.45) is 0.449. The molecule has 0 radical (unpaired) electrons. The maximum atomic E-state index is 13.7. The number of Topliss-reactive ketones (excluding diaryl/α,β-unsaturated/α-hetero) is 3. The van der Waals surface area contributed by atoms with E-state index >= 15 is 0 Å². The van der Waals surface area contributed by atoms with Crippen molar-refractivity contribution in [2.45, 2.75) is 156 Å². The number of carbonyl (C=O) groups is 8. The minimum atomic E-state index is -0.971. The Labute approximate surface area is 482 Å². The Hall–Kier alpha value is -6.14. The second-order valence-corrected chi connectivity index (χ2v) is 24.3. The number of hydrogen-bond acceptors (Lipinski definition) is 17. The quantitative estimate of drug-likeness (QED) is 0.0345. The first kappa shape index (κ1) is 67.4. The molecular formula is C59H81N5O15S2. The lowest BCUT2D eigenvalue weighted by Crippen LogP contribution is -2.53. The number of carboxylic acid groups (broad SMARTS) is 3. The number of carboxylic acids is 3. The first-order valence-electron chi connectivity index (χ1n) is 27.2. The third-order valence-electron chi connectivity index (χ3n) is 14.0. The van der Waals surface area contributed by atoms with Gasteiger partial charge in [-0.25, -0.2) is 9.97 Å². The zero-order chi connectivity index (χ0) is 60.2. The zero-order valence-corrected chi connectivity index (χ0v) is 49.4. The largest absolute Gasteiger partial charge is 0.481 e. The predicted octanol–water partition coefficient (Wildman–Crippen LogP) is 6.99. The van der Waals surface area contributed by atoms with Crippen LogP contribution < -0.4 is 5.73 Å². The van der Waals surface area contributed by atoms with Crippen LogP contribution in [0, 0.1) is 30.6 Å². The van der Waals surface area contributed by atoms with Gasteiger partial charge in [-0.3, -0.25) is 38.4 Å². The van der Waals surface area contributed by atoms with E-state index in [0.717, 1.165) is 43.4 Å². The van der Waals surface area contributed by atoms with Crippen LogP contribution in [0.5, 0.6) is 0 Å². The molecule has 6 rings (SSSR count). The predicted molar refractivity (Wildman–Crippen MR) is 306 cm³/mol. The Morgan fingerprint density at radius 3 is 1.28 bits per heavy atom. The SMILES string of the molecule is Cc1ncsc1-c1ccc(CCC(=O)C2C[C@@H](O)CN2C(=O)[C@@H](CC(=O)CCOCCC(=O)O)C(C)(C)C)cc1.Cc1ncsc1-c1ccc(CCC(=O)C2C[C@@H](O)CN2C(=O)[C@@H](N)C(C)(C)C)cc1.O=C(O)CCOCCC(=O)O. The number of carbonyl (C=O) groups excluding carboxylic acids is 5. The van der Waals surface area contributed by atoms with Crippen molar-refractivity contribution >= 4 is 69.7 Å². The number of ether oxygens (including phenoxy) is 2. The van der Waals surface area contributed by atoms with Gasteiger partial charge in [0.15, 0.2) is 11.6 Å². The van der Waals surface area contributed by atoms with Crippen molar-refractivity contribution in [1.82, 2.24) is 19.8 Å². The second-order valence-electron chi connectivity index (χ2n) is 22.6. The van der Waals surface area contributed by atoms with Crippen LogP contribution in [0.3, 0.4) is 0 Å². The third kappa shape index (κ3) is 21.9. The number of aliphatic hydroxyl groups excluding tert-OH is 2. The highest BCUT2D eigenvalue weighted by Crippen LogP contribution is 2.35. The Kier molecular flexibility index (Phi) is 26.5. The lowest BCUT2D eigenvalue weighted by molar-refractivity contribution is -0.146. The van der Waals surface area contributed by atoms with Crippen LogP contribution in [0.15, 0.2) is 59.6 Å². The van der Waals surface area contributed by atoms with E-state index in [0.29, 0.717) is 19.3 Å². The van der Waals surface area contributed by atoms with E-state index in [9.17, 15) is 48.6 Å². The first-order valence-corrected chi connectivity index (χ1v) is 28.9. The average molecular weight is 1160 g/mol. The van der Waals surface area contributed by atoms with E-state index in [1.54, 1.807) is 22.7 Å². The van der Waals surface area contributed by atoms with E-state index in [-0.39, 0.29) is 120 Å². The molecule has 2 unspecified atom stereocenters. The number of amides is 2. The summed E-state index contributed by atoms with van der Waals surface area (Å²) in [7, 11) is 0. The molecule has 20 nitrogen and oxygen atoms in total. The molecule has 0 spiro atoms. The van der Waals surface area contributed by atoms with Crippen molar-refractivity contribution in [2.75, 3.05) is 39.5 Å². The van der Waals surface area contributed by atoms with Crippen molar-refractivity contribution in [3.8, 4) is 20.9 Å². The molecule has 2 fully saturated rings. The molecule has 2 amide bonds. The van der Waals surface area contributed by atoms with Crippen LogP contribution in [0.4, 0.5) is 0 Å². The fourth-order valence-corrected chi connectivity index (χ4v) is 10.7. The molecule has 2 aromatic carbocycles. The van der Waals surface area contributed by atoms with Gasteiger partial charge in [0.2, 0.25) is 11.8 Å². The van der Waals surface area contributed by atoms with Crippen LogP contribution in [-0.4, -0.2) is 162 Å². The number of aromatic nitrogens is 2. The van der Waals surface area contributed by atoms with Crippen molar-refractivity contribution in [1.29, 1.82) is 0 Å². The number of β-amino-alcohol motifs (C(OH)–C–C–N with tert-alkyl or cyclic N) is 2. The molecule has 4 aromatic rings. The molecule has 2 aromatic heterocycles. The summed E-state index contributed by atoms with van der Waals surface area (Å²) < 4.78 is 9.92. The van der Waals surface area contributed by atoms with Crippen molar-refractivity contribution in [2.24, 2.45) is 22.5 Å². The van der Waals surface area contributed by atoms with E-state index in [1.807, 2.05) is 103 Å². The summed E-state index contributed by atoms with van der Waals surface area (Å²) in [6, 6.07) is 14.2. The maximum absolute atomic E-state index is 13.7. The fraction of sp³-hybridized carbons (Fsp3) is 0.559. The van der Waals surface area contributed by atoms with Gasteiger partial charge >= 0.3 is 17.9 Å². The number of thiazole rings is 2. The number of benzene rings is 2. The van der Waals surface area contributed by atoms with Gasteiger partial charge < -0.3 is 50.5 Å². The van der Waals surface area contributed by atoms with Gasteiger partial charge in [0, 0.05) is 57.5 Å². The number of nitrogens with zero attached hydrogens (tertiary/aromatic N) is 4. The molecule has 2 saturated heterocycles. The Bertz CT molecular complexity index is 2710. The lowest BCUT2D eigenvalue weighted by atomic mass is 9.76. The van der Waals surface area contributed by atoms with Gasteiger partial charge in [0.25, 0.3) is 0 Å². The molecule has 444 valence electrons. The van der Waals surface area contributed by atoms with E-state index in [2.05, 4.69) is 22.1 Å². The molecular weight excluding hydrogens is 1080 g/mol. The molecule has 22 heteroatoms. The lowest BCUT2D eigenvalue weighted by Gasteiger charge is -2.34. The number of hydrogen-bond donors (Lipinski definition) is 6. The topological polar surface area (TPSA) is 314 Å². The number of aliphatic hydroxyl groups is 2. The fourth-order valence-electron chi connectivity index (χ4n) is 9.11. The summed E-state index contributed by atoms with van der Waals surface area (Å²) in [5.41, 5.74) is 15.1. The van der Waals surface area contributed by atoms with Crippen LogP contribution in [0.2, 0.25) is 0 Å². The van der Waals surface area contributed by atoms with Crippen molar-refractivity contribution in [3.05, 3.63) is 82.1 Å². The molecule has 6 atom stereocenters. The molecule has 81 heavy (non-hydrogen) atoms. The number of likely N-dealkylation sites (tertiary alicyclic amines) is 2. The Morgan fingerprint density at radius 2 is 0.951 bits per heavy atom. The summed E-state index contributed by atoms with van der Waals surface area (Å²) in [4.78, 5) is 110. The molecule has 4 heterocycles. The monoisotopic (exact) mass is 1160 g/mol. The molecule has 7 N–H and O–H groups in total. The summed E-state index contributed by atoms with van der Waals surface area (Å²) in [5.74, 6) is -4.37. The maximum Gasteiger partial charge on any atom is 0.305 e. The Morgan fingerprint density at radius 1 is 0.580 bits per heavy atom. The van der Waals surface area contributed by atoms with Crippen molar-refractivity contribution < 1.29 is 73.4 Å². The van der Waals surface area contributed by atoms with Crippen LogP contribution in [0.1, 0.15) is 122 Å². The third-order valence-corrected chi connectivity index (χ3v) is 15.9. The zero-order valence-electron chi connectivity index (χ0n) is 47.8. The number of ketones is 3. The number of aliphatic carboxylic acids is 3. The van der Waals surface area contributed by atoms with E-state index in [4.69, 9.17) is 30.5 Å². The number of rotatable bonds is 26. The molecule has 0 saturated carbocycles. The first-order chi connectivity index (χ1) is 38.1.